The van der Waals surface area contributed by atoms with E-state index < -0.39 is 0 Å². The van der Waals surface area contributed by atoms with E-state index in [1.54, 1.807) is 0 Å². The molecule has 0 saturated heterocycles. The summed E-state index contributed by atoms with van der Waals surface area (Å²) in [4.78, 5) is 4.48. The Kier molecular flexibility index (Phi) is 2.56. The SMILES string of the molecule is CCc1ccc2nc(C)c(NN)cc2c1. The molecule has 1 heterocycles. The molecule has 0 aliphatic carbocycles. The Morgan fingerprint density at radius 2 is 2.13 bits per heavy atom. The third kappa shape index (κ3) is 1.78. The van der Waals surface area contributed by atoms with Crippen LogP contribution in [-0.2, 0) is 6.42 Å². The summed E-state index contributed by atoms with van der Waals surface area (Å²) in [7, 11) is 0. The van der Waals surface area contributed by atoms with Crippen molar-refractivity contribution in [2.45, 2.75) is 20.3 Å². The molecule has 3 N–H and O–H groups in total. The third-order valence-corrected chi connectivity index (χ3v) is 2.63. The lowest BCUT2D eigenvalue weighted by Gasteiger charge is -2.07. The number of aromatic nitrogens is 1. The minimum Gasteiger partial charge on any atom is -0.322 e. The van der Waals surface area contributed by atoms with Crippen LogP contribution >= 0.6 is 0 Å². The van der Waals surface area contributed by atoms with Crippen LogP contribution in [0.25, 0.3) is 10.9 Å². The summed E-state index contributed by atoms with van der Waals surface area (Å²) in [5, 5.41) is 1.13. The summed E-state index contributed by atoms with van der Waals surface area (Å²) in [6, 6.07) is 8.37. The van der Waals surface area contributed by atoms with Crippen molar-refractivity contribution in [1.29, 1.82) is 0 Å². The Bertz CT molecular complexity index is 491. The highest BCUT2D eigenvalue weighted by Gasteiger charge is 2.02. The predicted octanol–water partition coefficient (Wildman–Crippen LogP) is 2.39. The molecule has 0 aliphatic rings. The first-order valence-corrected chi connectivity index (χ1v) is 5.11. The maximum absolute atomic E-state index is 5.42. The monoisotopic (exact) mass is 201 g/mol. The summed E-state index contributed by atoms with van der Waals surface area (Å²) in [5.41, 5.74) is 6.81. The van der Waals surface area contributed by atoms with Gasteiger partial charge in [0, 0.05) is 5.39 Å². The second-order valence-corrected chi connectivity index (χ2v) is 3.65. The van der Waals surface area contributed by atoms with Crippen LogP contribution in [0.2, 0.25) is 0 Å². The van der Waals surface area contributed by atoms with Crippen LogP contribution in [-0.4, -0.2) is 4.98 Å². The Morgan fingerprint density at radius 3 is 2.80 bits per heavy atom. The van der Waals surface area contributed by atoms with E-state index >= 15 is 0 Å². The molecule has 1 aromatic heterocycles. The van der Waals surface area contributed by atoms with E-state index in [0.717, 1.165) is 28.7 Å². The van der Waals surface area contributed by atoms with Crippen molar-refractivity contribution in [2.24, 2.45) is 5.84 Å². The van der Waals surface area contributed by atoms with Crippen LogP contribution in [0.3, 0.4) is 0 Å². The van der Waals surface area contributed by atoms with Gasteiger partial charge in [-0.3, -0.25) is 10.8 Å². The van der Waals surface area contributed by atoms with Gasteiger partial charge in [0.05, 0.1) is 16.9 Å². The molecule has 0 atom stereocenters. The van der Waals surface area contributed by atoms with Gasteiger partial charge < -0.3 is 5.43 Å². The van der Waals surface area contributed by atoms with Gasteiger partial charge in [-0.1, -0.05) is 13.0 Å². The highest BCUT2D eigenvalue weighted by atomic mass is 15.2. The number of nitrogens with zero attached hydrogens (tertiary/aromatic N) is 1. The quantitative estimate of drug-likeness (QED) is 0.579. The van der Waals surface area contributed by atoms with Crippen LogP contribution < -0.4 is 11.3 Å². The summed E-state index contributed by atoms with van der Waals surface area (Å²) in [6.45, 7) is 4.09. The molecule has 0 fully saturated rings. The molecule has 1 aromatic carbocycles. The van der Waals surface area contributed by atoms with Gasteiger partial charge in [-0.05, 0) is 37.1 Å². The molecule has 3 heteroatoms. The number of hydrogen-bond donors (Lipinski definition) is 2. The first-order chi connectivity index (χ1) is 7.24. The zero-order chi connectivity index (χ0) is 10.8. The van der Waals surface area contributed by atoms with Gasteiger partial charge in [0.1, 0.15) is 0 Å². The average Bonchev–Trinajstić information content (AvgIpc) is 2.27. The smallest absolute Gasteiger partial charge is 0.0707 e. The normalized spacial score (nSPS) is 10.6. The number of anilines is 1. The summed E-state index contributed by atoms with van der Waals surface area (Å²) in [5.74, 6) is 5.42. The molecule has 78 valence electrons. The fourth-order valence-corrected chi connectivity index (χ4v) is 1.69. The van der Waals surface area contributed by atoms with Crippen molar-refractivity contribution in [3.8, 4) is 0 Å². The van der Waals surface area contributed by atoms with Crippen molar-refractivity contribution >= 4 is 16.6 Å². The molecule has 2 rings (SSSR count). The van der Waals surface area contributed by atoms with E-state index in [1.807, 2.05) is 13.0 Å². The molecule has 15 heavy (non-hydrogen) atoms. The number of hydrogen-bond acceptors (Lipinski definition) is 3. The van der Waals surface area contributed by atoms with Crippen molar-refractivity contribution in [3.05, 3.63) is 35.5 Å². The summed E-state index contributed by atoms with van der Waals surface area (Å²) >= 11 is 0. The van der Waals surface area contributed by atoms with E-state index in [4.69, 9.17) is 5.84 Å². The highest BCUT2D eigenvalue weighted by molar-refractivity contribution is 5.83. The molecule has 2 aromatic rings. The minimum absolute atomic E-state index is 0.885. The van der Waals surface area contributed by atoms with Crippen molar-refractivity contribution in [2.75, 3.05) is 5.43 Å². The first kappa shape index (κ1) is 9.93. The first-order valence-electron chi connectivity index (χ1n) is 5.11. The Hall–Kier alpha value is -1.61. The minimum atomic E-state index is 0.885. The average molecular weight is 201 g/mol. The van der Waals surface area contributed by atoms with E-state index in [-0.39, 0.29) is 0 Å². The standard InChI is InChI=1S/C12H15N3/c1-3-9-4-5-11-10(6-9)7-12(15-13)8(2)14-11/h4-7,15H,3,13H2,1-2H3. The Balaban J connectivity index is 2.66. The lowest BCUT2D eigenvalue weighted by molar-refractivity contribution is 1.14. The number of pyridine rings is 1. The van der Waals surface area contributed by atoms with E-state index in [9.17, 15) is 0 Å². The number of fused-ring (bicyclic) bond motifs is 1. The van der Waals surface area contributed by atoms with Crippen molar-refractivity contribution in [1.82, 2.24) is 4.98 Å². The van der Waals surface area contributed by atoms with Crippen LogP contribution in [0.5, 0.6) is 0 Å². The number of nitrogens with two attached hydrogens (primary N) is 1. The van der Waals surface area contributed by atoms with E-state index in [0.29, 0.717) is 0 Å². The molecule has 0 amide bonds. The molecular weight excluding hydrogens is 186 g/mol. The molecule has 0 bridgehead atoms. The molecule has 0 aliphatic heterocycles. The zero-order valence-corrected chi connectivity index (χ0v) is 9.04. The molecule has 0 unspecified atom stereocenters. The Labute approximate surface area is 89.3 Å². The number of aryl methyl sites for hydroxylation is 2. The fourth-order valence-electron chi connectivity index (χ4n) is 1.69. The molecular formula is C12H15N3. The molecule has 0 radical (unpaired) electrons. The third-order valence-electron chi connectivity index (χ3n) is 2.63. The van der Waals surface area contributed by atoms with Gasteiger partial charge in [-0.2, -0.15) is 0 Å². The molecule has 0 spiro atoms. The van der Waals surface area contributed by atoms with E-state index in [1.165, 1.54) is 5.56 Å². The summed E-state index contributed by atoms with van der Waals surface area (Å²) < 4.78 is 0. The Morgan fingerprint density at radius 1 is 1.33 bits per heavy atom. The van der Waals surface area contributed by atoms with Gasteiger partial charge in [-0.25, -0.2) is 0 Å². The zero-order valence-electron chi connectivity index (χ0n) is 9.04. The number of nitrogens with one attached hydrogen (secondary N) is 1. The lowest BCUT2D eigenvalue weighted by Crippen LogP contribution is -2.08. The maximum atomic E-state index is 5.42. The van der Waals surface area contributed by atoms with Crippen LogP contribution in [0.15, 0.2) is 24.3 Å². The second kappa shape index (κ2) is 3.87. The van der Waals surface area contributed by atoms with Crippen molar-refractivity contribution < 1.29 is 0 Å². The van der Waals surface area contributed by atoms with Gasteiger partial charge in [0.25, 0.3) is 0 Å². The highest BCUT2D eigenvalue weighted by Crippen LogP contribution is 2.21. The summed E-state index contributed by atoms with van der Waals surface area (Å²) in [6.07, 6.45) is 1.04. The topological polar surface area (TPSA) is 50.9 Å². The van der Waals surface area contributed by atoms with Crippen LogP contribution in [0.1, 0.15) is 18.2 Å². The second-order valence-electron chi connectivity index (χ2n) is 3.65. The predicted molar refractivity (Wildman–Crippen MR) is 63.7 cm³/mol. The number of rotatable bonds is 2. The van der Waals surface area contributed by atoms with Crippen LogP contribution in [0, 0.1) is 6.92 Å². The van der Waals surface area contributed by atoms with Gasteiger partial charge >= 0.3 is 0 Å². The molecule has 0 saturated carbocycles. The van der Waals surface area contributed by atoms with Gasteiger partial charge in [-0.15, -0.1) is 0 Å². The lowest BCUT2D eigenvalue weighted by atomic mass is 10.1. The largest absolute Gasteiger partial charge is 0.322 e. The number of nitrogen functional groups attached to an aromatic ring is 1. The van der Waals surface area contributed by atoms with Gasteiger partial charge in [0.2, 0.25) is 0 Å². The van der Waals surface area contributed by atoms with Crippen LogP contribution in [0.4, 0.5) is 5.69 Å². The fraction of sp³-hybridized carbons (Fsp3) is 0.250. The molecule has 3 nitrogen and oxygen atoms in total. The number of hydrazine groups is 1. The number of benzene rings is 1. The van der Waals surface area contributed by atoms with Gasteiger partial charge in [0.15, 0.2) is 0 Å². The van der Waals surface area contributed by atoms with Crippen molar-refractivity contribution in [3.63, 3.8) is 0 Å². The maximum Gasteiger partial charge on any atom is 0.0707 e. The van der Waals surface area contributed by atoms with E-state index in [2.05, 4.69) is 35.5 Å².